The quantitative estimate of drug-likeness (QED) is 0.461. The normalized spacial score (nSPS) is 12.1. The average molecular weight is 208 g/mol. The second kappa shape index (κ2) is 4.65. The van der Waals surface area contributed by atoms with E-state index in [0.717, 1.165) is 0 Å². The Labute approximate surface area is 87.0 Å². The standard InChI is InChI=1S/C10H12N2O3/c1-7(11)6-10(13)8-4-2-3-5-9(8)12(14)15/h2-5,7H,6,11H2,1H3. The molecule has 0 radical (unpaired) electrons. The fourth-order valence-electron chi connectivity index (χ4n) is 1.27. The molecule has 15 heavy (non-hydrogen) atoms. The predicted molar refractivity (Wildman–Crippen MR) is 55.7 cm³/mol. The van der Waals surface area contributed by atoms with Crippen molar-refractivity contribution in [3.8, 4) is 0 Å². The highest BCUT2D eigenvalue weighted by molar-refractivity contribution is 6.00. The summed E-state index contributed by atoms with van der Waals surface area (Å²) in [6.45, 7) is 1.69. The number of nitrogens with two attached hydrogens (primary N) is 1. The topological polar surface area (TPSA) is 86.2 Å². The van der Waals surface area contributed by atoms with Crippen molar-refractivity contribution in [2.24, 2.45) is 5.73 Å². The molecule has 0 spiro atoms. The first-order chi connectivity index (χ1) is 7.02. The number of hydrogen-bond donors (Lipinski definition) is 1. The van der Waals surface area contributed by atoms with Crippen molar-refractivity contribution >= 4 is 11.5 Å². The molecule has 0 aliphatic heterocycles. The zero-order valence-electron chi connectivity index (χ0n) is 8.34. The first-order valence-electron chi connectivity index (χ1n) is 4.54. The maximum atomic E-state index is 11.6. The second-order valence-corrected chi connectivity index (χ2v) is 3.38. The van der Waals surface area contributed by atoms with Gasteiger partial charge in [0.2, 0.25) is 0 Å². The molecule has 0 bridgehead atoms. The Balaban J connectivity index is 3.03. The van der Waals surface area contributed by atoms with Crippen LogP contribution in [0.15, 0.2) is 24.3 Å². The van der Waals surface area contributed by atoms with Gasteiger partial charge in [-0.2, -0.15) is 0 Å². The smallest absolute Gasteiger partial charge is 0.280 e. The average Bonchev–Trinajstić information content (AvgIpc) is 2.16. The van der Waals surface area contributed by atoms with Crippen LogP contribution >= 0.6 is 0 Å². The molecule has 1 aromatic rings. The van der Waals surface area contributed by atoms with Gasteiger partial charge in [-0.3, -0.25) is 14.9 Å². The summed E-state index contributed by atoms with van der Waals surface area (Å²) in [5, 5.41) is 10.6. The van der Waals surface area contributed by atoms with Gasteiger partial charge < -0.3 is 5.73 Å². The van der Waals surface area contributed by atoms with Gasteiger partial charge in [-0.05, 0) is 13.0 Å². The Hall–Kier alpha value is -1.75. The van der Waals surface area contributed by atoms with Crippen LogP contribution in [0.2, 0.25) is 0 Å². The highest BCUT2D eigenvalue weighted by atomic mass is 16.6. The summed E-state index contributed by atoms with van der Waals surface area (Å²) in [5.74, 6) is -0.294. The van der Waals surface area contributed by atoms with Crippen molar-refractivity contribution in [3.63, 3.8) is 0 Å². The summed E-state index contributed by atoms with van der Waals surface area (Å²) in [5.41, 5.74) is 5.43. The minimum Gasteiger partial charge on any atom is -0.328 e. The molecular weight excluding hydrogens is 196 g/mol. The monoisotopic (exact) mass is 208 g/mol. The molecule has 1 rings (SSSR count). The third-order valence-corrected chi connectivity index (χ3v) is 1.91. The Morgan fingerprint density at radius 2 is 2.13 bits per heavy atom. The maximum absolute atomic E-state index is 11.6. The van der Waals surface area contributed by atoms with Gasteiger partial charge in [0.05, 0.1) is 10.5 Å². The molecule has 0 amide bonds. The van der Waals surface area contributed by atoms with Crippen LogP contribution < -0.4 is 5.73 Å². The lowest BCUT2D eigenvalue weighted by molar-refractivity contribution is -0.385. The highest BCUT2D eigenvalue weighted by Gasteiger charge is 2.19. The second-order valence-electron chi connectivity index (χ2n) is 3.38. The Kier molecular flexibility index (Phi) is 3.51. The van der Waals surface area contributed by atoms with Gasteiger partial charge in [0.1, 0.15) is 0 Å². The number of nitrogens with zero attached hydrogens (tertiary/aromatic N) is 1. The van der Waals surface area contributed by atoms with E-state index in [1.807, 2.05) is 0 Å². The van der Waals surface area contributed by atoms with Crippen LogP contribution in [0.3, 0.4) is 0 Å². The van der Waals surface area contributed by atoms with Gasteiger partial charge in [0.25, 0.3) is 5.69 Å². The maximum Gasteiger partial charge on any atom is 0.280 e. The summed E-state index contributed by atoms with van der Waals surface area (Å²) in [6.07, 6.45) is 0.116. The number of rotatable bonds is 4. The van der Waals surface area contributed by atoms with E-state index in [-0.39, 0.29) is 29.5 Å². The van der Waals surface area contributed by atoms with Crippen LogP contribution in [0.1, 0.15) is 23.7 Å². The Bertz CT molecular complexity index is 388. The van der Waals surface area contributed by atoms with Crippen LogP contribution in [0.4, 0.5) is 5.69 Å². The number of benzene rings is 1. The van der Waals surface area contributed by atoms with Crippen LogP contribution in [0.5, 0.6) is 0 Å². The Morgan fingerprint density at radius 3 is 2.67 bits per heavy atom. The number of Topliss-reactive ketones (excluding diaryl/α,β-unsaturated/α-hetero) is 1. The largest absolute Gasteiger partial charge is 0.328 e. The van der Waals surface area contributed by atoms with Gasteiger partial charge >= 0.3 is 0 Å². The van der Waals surface area contributed by atoms with Crippen molar-refractivity contribution in [3.05, 3.63) is 39.9 Å². The third-order valence-electron chi connectivity index (χ3n) is 1.91. The molecule has 0 aliphatic carbocycles. The summed E-state index contributed by atoms with van der Waals surface area (Å²) >= 11 is 0. The van der Waals surface area contributed by atoms with E-state index in [2.05, 4.69) is 0 Å². The van der Waals surface area contributed by atoms with Crippen molar-refractivity contribution in [2.75, 3.05) is 0 Å². The van der Waals surface area contributed by atoms with E-state index in [4.69, 9.17) is 5.73 Å². The SMILES string of the molecule is CC(N)CC(=O)c1ccccc1[N+](=O)[O-]. The van der Waals surface area contributed by atoms with Crippen molar-refractivity contribution in [2.45, 2.75) is 19.4 Å². The summed E-state index contributed by atoms with van der Waals surface area (Å²) in [4.78, 5) is 21.7. The Morgan fingerprint density at radius 1 is 1.53 bits per heavy atom. The molecule has 5 heteroatoms. The lowest BCUT2D eigenvalue weighted by atomic mass is 10.0. The first kappa shape index (κ1) is 11.3. The number of carbonyl (C=O) groups is 1. The lowest BCUT2D eigenvalue weighted by Crippen LogP contribution is -2.20. The fourth-order valence-corrected chi connectivity index (χ4v) is 1.27. The van der Waals surface area contributed by atoms with Crippen LogP contribution in [0, 0.1) is 10.1 Å². The van der Waals surface area contributed by atoms with E-state index >= 15 is 0 Å². The van der Waals surface area contributed by atoms with Gasteiger partial charge in [0.15, 0.2) is 5.78 Å². The molecule has 80 valence electrons. The number of para-hydroxylation sites is 1. The van der Waals surface area contributed by atoms with E-state index < -0.39 is 4.92 Å². The van der Waals surface area contributed by atoms with Crippen LogP contribution in [0.25, 0.3) is 0 Å². The molecule has 0 fully saturated rings. The molecule has 0 heterocycles. The molecule has 0 aromatic heterocycles. The lowest BCUT2D eigenvalue weighted by Gasteiger charge is -2.04. The van der Waals surface area contributed by atoms with Gasteiger partial charge in [-0.15, -0.1) is 0 Å². The number of nitro benzene ring substituents is 1. The van der Waals surface area contributed by atoms with E-state index in [1.54, 1.807) is 13.0 Å². The molecule has 0 aliphatic rings. The molecule has 0 saturated heterocycles. The summed E-state index contributed by atoms with van der Waals surface area (Å²) in [7, 11) is 0. The van der Waals surface area contributed by atoms with E-state index in [1.165, 1.54) is 18.2 Å². The number of hydrogen-bond acceptors (Lipinski definition) is 4. The van der Waals surface area contributed by atoms with Crippen molar-refractivity contribution < 1.29 is 9.72 Å². The van der Waals surface area contributed by atoms with Crippen molar-refractivity contribution in [1.29, 1.82) is 0 Å². The number of nitro groups is 1. The third kappa shape index (κ3) is 2.85. The van der Waals surface area contributed by atoms with Gasteiger partial charge in [0, 0.05) is 18.5 Å². The van der Waals surface area contributed by atoms with E-state index in [0.29, 0.717) is 0 Å². The van der Waals surface area contributed by atoms with Crippen LogP contribution in [-0.2, 0) is 0 Å². The molecule has 2 N–H and O–H groups in total. The predicted octanol–water partition coefficient (Wildman–Crippen LogP) is 1.51. The minimum atomic E-state index is -0.561. The van der Waals surface area contributed by atoms with Gasteiger partial charge in [-0.1, -0.05) is 12.1 Å². The molecule has 0 saturated carbocycles. The zero-order valence-corrected chi connectivity index (χ0v) is 8.34. The number of ketones is 1. The molecule has 1 unspecified atom stereocenters. The molecule has 5 nitrogen and oxygen atoms in total. The first-order valence-corrected chi connectivity index (χ1v) is 4.54. The fraction of sp³-hybridized carbons (Fsp3) is 0.300. The summed E-state index contributed by atoms with van der Waals surface area (Å²) < 4.78 is 0. The molecular formula is C10H12N2O3. The van der Waals surface area contributed by atoms with Crippen LogP contribution in [-0.4, -0.2) is 16.7 Å². The zero-order chi connectivity index (χ0) is 11.4. The summed E-state index contributed by atoms with van der Waals surface area (Å²) in [6, 6.07) is 5.59. The molecule has 1 atom stereocenters. The van der Waals surface area contributed by atoms with E-state index in [9.17, 15) is 14.9 Å². The minimum absolute atomic E-state index is 0.116. The highest BCUT2D eigenvalue weighted by Crippen LogP contribution is 2.19. The molecule has 1 aromatic carbocycles. The van der Waals surface area contributed by atoms with Crippen molar-refractivity contribution in [1.82, 2.24) is 0 Å². The van der Waals surface area contributed by atoms with Gasteiger partial charge in [-0.25, -0.2) is 0 Å². The number of carbonyl (C=O) groups excluding carboxylic acids is 1.